The molecule has 1 aromatic heterocycles. The van der Waals surface area contributed by atoms with Gasteiger partial charge in [0, 0.05) is 44.4 Å². The van der Waals surface area contributed by atoms with Crippen LogP contribution < -0.4 is 4.74 Å². The minimum atomic E-state index is 0.159. The summed E-state index contributed by atoms with van der Waals surface area (Å²) in [6.45, 7) is 4.72. The summed E-state index contributed by atoms with van der Waals surface area (Å²) in [5, 5.41) is 0. The number of nitrogens with zero attached hydrogens (tertiary/aromatic N) is 2. The summed E-state index contributed by atoms with van der Waals surface area (Å²) in [5.41, 5.74) is 2.23. The number of methoxy groups -OCH3 is 1. The van der Waals surface area contributed by atoms with Crippen molar-refractivity contribution in [2.45, 2.75) is 19.3 Å². The second-order valence-electron chi connectivity index (χ2n) is 6.65. The zero-order valence-corrected chi connectivity index (χ0v) is 15.4. The Morgan fingerprint density at radius 1 is 1.15 bits per heavy atom. The molecule has 0 bridgehead atoms. The van der Waals surface area contributed by atoms with E-state index >= 15 is 0 Å². The van der Waals surface area contributed by atoms with Crippen molar-refractivity contribution >= 4 is 5.91 Å². The van der Waals surface area contributed by atoms with Crippen molar-refractivity contribution < 1.29 is 14.3 Å². The number of likely N-dealkylation sites (tertiary alicyclic amines) is 1. The van der Waals surface area contributed by atoms with Crippen LogP contribution >= 0.6 is 0 Å². The molecule has 1 aliphatic rings. The first kappa shape index (κ1) is 18.4. The summed E-state index contributed by atoms with van der Waals surface area (Å²) >= 11 is 0. The zero-order chi connectivity index (χ0) is 18.4. The van der Waals surface area contributed by atoms with Crippen LogP contribution in [0, 0.1) is 5.92 Å². The molecule has 1 fully saturated rings. The van der Waals surface area contributed by atoms with Crippen LogP contribution in [0.4, 0.5) is 0 Å². The molecule has 0 aliphatic carbocycles. The minimum Gasteiger partial charge on any atom is -0.494 e. The van der Waals surface area contributed by atoms with Crippen LogP contribution in [0.2, 0.25) is 0 Å². The standard InChI is InChI=1S/C21H26N2O3/c1-3-26-19-6-4-16(5-7-19)12-21(24)23-13-18(15-25-2)20(14-23)17-8-10-22-11-9-17/h4-11,18,20H,3,12-15H2,1-2H3. The molecule has 2 aromatic rings. The first-order valence-electron chi connectivity index (χ1n) is 9.09. The molecular formula is C21H26N2O3. The van der Waals surface area contributed by atoms with Gasteiger partial charge in [0.15, 0.2) is 0 Å². The minimum absolute atomic E-state index is 0.159. The lowest BCUT2D eigenvalue weighted by atomic mass is 9.90. The lowest BCUT2D eigenvalue weighted by molar-refractivity contribution is -0.129. The lowest BCUT2D eigenvalue weighted by Crippen LogP contribution is -2.30. The summed E-state index contributed by atoms with van der Waals surface area (Å²) in [5.74, 6) is 1.60. The topological polar surface area (TPSA) is 51.7 Å². The highest BCUT2D eigenvalue weighted by molar-refractivity contribution is 5.79. The van der Waals surface area contributed by atoms with E-state index in [2.05, 4.69) is 4.98 Å². The molecule has 1 aromatic carbocycles. The SMILES string of the molecule is CCOc1ccc(CC(=O)N2CC(COC)C(c3ccncc3)C2)cc1. The maximum Gasteiger partial charge on any atom is 0.227 e. The Kier molecular flexibility index (Phi) is 6.23. The second kappa shape index (κ2) is 8.81. The Labute approximate surface area is 155 Å². The Hall–Kier alpha value is -2.40. The molecule has 3 rings (SSSR count). The van der Waals surface area contributed by atoms with Crippen LogP contribution in [0.25, 0.3) is 0 Å². The highest BCUT2D eigenvalue weighted by Gasteiger charge is 2.35. The number of benzene rings is 1. The third kappa shape index (κ3) is 4.41. The van der Waals surface area contributed by atoms with Gasteiger partial charge >= 0.3 is 0 Å². The fourth-order valence-corrected chi connectivity index (χ4v) is 3.60. The molecule has 1 aliphatic heterocycles. The largest absolute Gasteiger partial charge is 0.494 e. The number of carbonyl (C=O) groups is 1. The number of amides is 1. The molecule has 0 radical (unpaired) electrons. The van der Waals surface area contributed by atoms with Crippen molar-refractivity contribution in [2.75, 3.05) is 33.4 Å². The number of hydrogen-bond donors (Lipinski definition) is 0. The third-order valence-corrected chi connectivity index (χ3v) is 4.90. The zero-order valence-electron chi connectivity index (χ0n) is 15.4. The van der Waals surface area contributed by atoms with Crippen molar-refractivity contribution in [3.63, 3.8) is 0 Å². The average molecular weight is 354 g/mol. The predicted molar refractivity (Wildman–Crippen MR) is 100 cm³/mol. The van der Waals surface area contributed by atoms with Crippen molar-refractivity contribution in [1.29, 1.82) is 0 Å². The number of ether oxygens (including phenoxy) is 2. The van der Waals surface area contributed by atoms with E-state index in [1.165, 1.54) is 5.56 Å². The fourth-order valence-electron chi connectivity index (χ4n) is 3.60. The van der Waals surface area contributed by atoms with Gasteiger partial charge in [-0.25, -0.2) is 0 Å². The second-order valence-corrected chi connectivity index (χ2v) is 6.65. The third-order valence-electron chi connectivity index (χ3n) is 4.90. The predicted octanol–water partition coefficient (Wildman–Crippen LogP) is 2.91. The fraction of sp³-hybridized carbons (Fsp3) is 0.429. The summed E-state index contributed by atoms with van der Waals surface area (Å²) in [6.07, 6.45) is 4.03. The van der Waals surface area contributed by atoms with Gasteiger partial charge in [0.25, 0.3) is 0 Å². The van der Waals surface area contributed by atoms with Gasteiger partial charge in [-0.15, -0.1) is 0 Å². The first-order chi connectivity index (χ1) is 12.7. The van der Waals surface area contributed by atoms with Crippen molar-refractivity contribution in [3.05, 3.63) is 59.9 Å². The first-order valence-corrected chi connectivity index (χ1v) is 9.09. The molecular weight excluding hydrogens is 328 g/mol. The molecule has 138 valence electrons. The van der Waals surface area contributed by atoms with Crippen molar-refractivity contribution in [2.24, 2.45) is 5.92 Å². The van der Waals surface area contributed by atoms with E-state index in [1.807, 2.05) is 60.6 Å². The lowest BCUT2D eigenvalue weighted by Gasteiger charge is -2.17. The molecule has 5 heteroatoms. The van der Waals surface area contributed by atoms with Crippen LogP contribution in [0.15, 0.2) is 48.8 Å². The average Bonchev–Trinajstić information content (AvgIpc) is 3.09. The van der Waals surface area contributed by atoms with Crippen LogP contribution in [0.1, 0.15) is 24.0 Å². The van der Waals surface area contributed by atoms with Gasteiger partial charge in [-0.3, -0.25) is 9.78 Å². The number of aromatic nitrogens is 1. The van der Waals surface area contributed by atoms with E-state index in [-0.39, 0.29) is 5.91 Å². The van der Waals surface area contributed by atoms with Crippen molar-refractivity contribution in [3.8, 4) is 5.75 Å². The summed E-state index contributed by atoms with van der Waals surface area (Å²) in [4.78, 5) is 18.9. The van der Waals surface area contributed by atoms with E-state index in [0.717, 1.165) is 24.4 Å². The molecule has 5 nitrogen and oxygen atoms in total. The summed E-state index contributed by atoms with van der Waals surface area (Å²) < 4.78 is 10.8. The number of rotatable bonds is 7. The quantitative estimate of drug-likeness (QED) is 0.767. The Bertz CT molecular complexity index is 703. The molecule has 26 heavy (non-hydrogen) atoms. The maximum absolute atomic E-state index is 12.8. The van der Waals surface area contributed by atoms with Gasteiger partial charge in [-0.05, 0) is 42.3 Å². The molecule has 0 spiro atoms. The molecule has 2 atom stereocenters. The molecule has 2 heterocycles. The molecule has 0 saturated carbocycles. The van der Waals surface area contributed by atoms with Gasteiger partial charge in [0.05, 0.1) is 19.6 Å². The highest BCUT2D eigenvalue weighted by Crippen LogP contribution is 2.33. The van der Waals surface area contributed by atoms with Gasteiger partial charge in [-0.2, -0.15) is 0 Å². The van der Waals surface area contributed by atoms with Gasteiger partial charge in [0.1, 0.15) is 5.75 Å². The van der Waals surface area contributed by atoms with E-state index in [1.54, 1.807) is 7.11 Å². The maximum atomic E-state index is 12.8. The van der Waals surface area contributed by atoms with E-state index in [9.17, 15) is 4.79 Å². The van der Waals surface area contributed by atoms with Crippen LogP contribution in [0.3, 0.4) is 0 Å². The Balaban J connectivity index is 1.65. The number of hydrogen-bond acceptors (Lipinski definition) is 4. The van der Waals surface area contributed by atoms with Crippen LogP contribution in [-0.2, 0) is 16.0 Å². The van der Waals surface area contributed by atoms with E-state index in [4.69, 9.17) is 9.47 Å². The van der Waals surface area contributed by atoms with Gasteiger partial charge in [0.2, 0.25) is 5.91 Å². The molecule has 1 amide bonds. The summed E-state index contributed by atoms with van der Waals surface area (Å²) in [6, 6.07) is 11.8. The van der Waals surface area contributed by atoms with Gasteiger partial charge < -0.3 is 14.4 Å². The smallest absolute Gasteiger partial charge is 0.227 e. The van der Waals surface area contributed by atoms with Crippen molar-refractivity contribution in [1.82, 2.24) is 9.88 Å². The summed E-state index contributed by atoms with van der Waals surface area (Å²) in [7, 11) is 1.72. The van der Waals surface area contributed by atoms with E-state index < -0.39 is 0 Å². The Morgan fingerprint density at radius 2 is 1.88 bits per heavy atom. The highest BCUT2D eigenvalue weighted by atomic mass is 16.5. The number of carbonyl (C=O) groups excluding carboxylic acids is 1. The van der Waals surface area contributed by atoms with E-state index in [0.29, 0.717) is 31.5 Å². The van der Waals surface area contributed by atoms with Gasteiger partial charge in [-0.1, -0.05) is 12.1 Å². The molecule has 0 N–H and O–H groups in total. The Morgan fingerprint density at radius 3 is 2.54 bits per heavy atom. The normalized spacial score (nSPS) is 19.5. The molecule has 1 saturated heterocycles. The van der Waals surface area contributed by atoms with Crippen LogP contribution in [0.5, 0.6) is 5.75 Å². The van der Waals surface area contributed by atoms with Crippen LogP contribution in [-0.4, -0.2) is 49.2 Å². The number of pyridine rings is 1. The monoisotopic (exact) mass is 354 g/mol. The molecule has 2 unspecified atom stereocenters.